The average Bonchev–Trinajstić information content (AvgIpc) is 3.15. The number of aromatic nitrogens is 3. The molecular weight excluding hydrogens is 461 g/mol. The zero-order valence-corrected chi connectivity index (χ0v) is 20.3. The van der Waals surface area contributed by atoms with E-state index in [1.165, 1.54) is 16.8 Å². The highest BCUT2D eigenvalue weighted by Gasteiger charge is 2.22. The van der Waals surface area contributed by atoms with Gasteiger partial charge in [-0.25, -0.2) is 27.6 Å². The Morgan fingerprint density at radius 3 is 2.50 bits per heavy atom. The number of carbonyl (C=O) groups excluding carboxylic acids is 1. The van der Waals surface area contributed by atoms with Gasteiger partial charge in [0.1, 0.15) is 23.4 Å². The summed E-state index contributed by atoms with van der Waals surface area (Å²) in [4.78, 5) is 16.2. The molecule has 34 heavy (non-hydrogen) atoms. The number of ether oxygens (including phenoxy) is 1. The molecule has 0 amide bonds. The van der Waals surface area contributed by atoms with Gasteiger partial charge >= 0.3 is 5.97 Å². The van der Waals surface area contributed by atoms with Gasteiger partial charge in [0.25, 0.3) is 0 Å². The number of benzene rings is 2. The van der Waals surface area contributed by atoms with Crippen LogP contribution in [0.1, 0.15) is 42.2 Å². The molecule has 3 rings (SSSR count). The van der Waals surface area contributed by atoms with Crippen LogP contribution in [-0.4, -0.2) is 35.2 Å². The molecule has 3 aromatic rings. The molecule has 1 heterocycles. The molecule has 9 nitrogen and oxygen atoms in total. The van der Waals surface area contributed by atoms with Crippen molar-refractivity contribution in [3.63, 3.8) is 0 Å². The van der Waals surface area contributed by atoms with Gasteiger partial charge in [-0.1, -0.05) is 37.6 Å². The standard InChI is InChI=1S/C23H28FN5O4S/c1-13(2)22(25)23(30)33-12-20-27-21(10-16-9-14(3)5-6-15(16)4)29(28-20)19-8-7-17(11-18(19)24)34(26,31)32/h5-9,11,13,22H,10,12,25H2,1-4H3,(H2,26,31,32)/t22-/m0/s1. The van der Waals surface area contributed by atoms with Gasteiger partial charge in [-0.3, -0.25) is 4.79 Å². The maximum absolute atomic E-state index is 14.9. The molecule has 182 valence electrons. The minimum Gasteiger partial charge on any atom is -0.456 e. The van der Waals surface area contributed by atoms with Crippen molar-refractivity contribution in [1.82, 2.24) is 14.8 Å². The van der Waals surface area contributed by atoms with Crippen LogP contribution in [0, 0.1) is 25.6 Å². The lowest BCUT2D eigenvalue weighted by atomic mass is 10.0. The highest BCUT2D eigenvalue weighted by atomic mass is 32.2. The summed E-state index contributed by atoms with van der Waals surface area (Å²) in [5.74, 6) is -1.01. The van der Waals surface area contributed by atoms with Crippen LogP contribution in [0.3, 0.4) is 0 Å². The molecule has 0 radical (unpaired) electrons. The van der Waals surface area contributed by atoms with Crippen molar-refractivity contribution in [2.45, 2.75) is 51.7 Å². The van der Waals surface area contributed by atoms with Crippen molar-refractivity contribution in [2.24, 2.45) is 16.8 Å². The van der Waals surface area contributed by atoms with Gasteiger partial charge in [-0.15, -0.1) is 5.10 Å². The first-order valence-electron chi connectivity index (χ1n) is 10.6. The van der Waals surface area contributed by atoms with Crippen LogP contribution in [-0.2, 0) is 32.6 Å². The Kier molecular flexibility index (Phi) is 7.49. The zero-order chi connectivity index (χ0) is 25.2. The fraction of sp³-hybridized carbons (Fsp3) is 0.348. The fourth-order valence-corrected chi connectivity index (χ4v) is 3.79. The molecular formula is C23H28FN5O4S. The lowest BCUT2D eigenvalue weighted by molar-refractivity contribution is -0.147. The molecule has 1 aromatic heterocycles. The SMILES string of the molecule is Cc1ccc(C)c(Cc2nc(COC(=O)[C@@H](N)C(C)C)nn2-c2ccc(S(N)(=O)=O)cc2F)c1. The minimum absolute atomic E-state index is 0.0170. The van der Waals surface area contributed by atoms with Gasteiger partial charge in [0.2, 0.25) is 10.0 Å². The third-order valence-electron chi connectivity index (χ3n) is 5.38. The van der Waals surface area contributed by atoms with E-state index in [9.17, 15) is 17.6 Å². The number of hydrogen-bond acceptors (Lipinski definition) is 7. The normalized spacial score (nSPS) is 12.7. The van der Waals surface area contributed by atoms with E-state index in [0.29, 0.717) is 12.2 Å². The Morgan fingerprint density at radius 2 is 1.88 bits per heavy atom. The number of aryl methyl sites for hydroxylation is 2. The number of primary sulfonamides is 1. The van der Waals surface area contributed by atoms with Crippen LogP contribution in [0.2, 0.25) is 0 Å². The van der Waals surface area contributed by atoms with Crippen LogP contribution in [0.4, 0.5) is 4.39 Å². The summed E-state index contributed by atoms with van der Waals surface area (Å²) >= 11 is 0. The topological polar surface area (TPSA) is 143 Å². The second kappa shape index (κ2) is 10.00. The number of carbonyl (C=O) groups is 1. The Balaban J connectivity index is 2.01. The largest absolute Gasteiger partial charge is 0.456 e. The van der Waals surface area contributed by atoms with E-state index < -0.39 is 27.9 Å². The zero-order valence-electron chi connectivity index (χ0n) is 19.4. The number of sulfonamides is 1. The summed E-state index contributed by atoms with van der Waals surface area (Å²) in [7, 11) is -4.08. The van der Waals surface area contributed by atoms with Crippen molar-refractivity contribution in [2.75, 3.05) is 0 Å². The molecule has 0 unspecified atom stereocenters. The van der Waals surface area contributed by atoms with Gasteiger partial charge in [0.15, 0.2) is 12.4 Å². The molecule has 11 heteroatoms. The van der Waals surface area contributed by atoms with Crippen LogP contribution in [0.15, 0.2) is 41.3 Å². The first kappa shape index (κ1) is 25.5. The van der Waals surface area contributed by atoms with Crippen LogP contribution < -0.4 is 10.9 Å². The molecule has 2 aromatic carbocycles. The average molecular weight is 490 g/mol. The molecule has 1 atom stereocenters. The number of rotatable bonds is 8. The first-order valence-corrected chi connectivity index (χ1v) is 12.2. The summed E-state index contributed by atoms with van der Waals surface area (Å²) in [5.41, 5.74) is 8.83. The van der Waals surface area contributed by atoms with E-state index in [4.69, 9.17) is 15.6 Å². The molecule has 0 aliphatic carbocycles. The van der Waals surface area contributed by atoms with Crippen LogP contribution >= 0.6 is 0 Å². The second-order valence-corrected chi connectivity index (χ2v) is 10.1. The lowest BCUT2D eigenvalue weighted by Crippen LogP contribution is -2.36. The lowest BCUT2D eigenvalue weighted by Gasteiger charge is -2.13. The highest BCUT2D eigenvalue weighted by Crippen LogP contribution is 2.22. The molecule has 4 N–H and O–H groups in total. The van der Waals surface area contributed by atoms with Gasteiger partial charge in [-0.05, 0) is 49.1 Å². The third kappa shape index (κ3) is 5.85. The molecule has 0 aliphatic heterocycles. The Hall–Kier alpha value is -3.15. The van der Waals surface area contributed by atoms with Gasteiger partial charge in [0.05, 0.1) is 4.90 Å². The maximum atomic E-state index is 14.9. The molecule has 0 saturated carbocycles. The predicted molar refractivity (Wildman–Crippen MR) is 124 cm³/mol. The predicted octanol–water partition coefficient (Wildman–Crippen LogP) is 2.29. The molecule has 0 aliphatic rings. The van der Waals surface area contributed by atoms with E-state index >= 15 is 0 Å². The number of hydrogen-bond donors (Lipinski definition) is 2. The van der Waals surface area contributed by atoms with E-state index in [-0.39, 0.29) is 28.9 Å². The number of nitrogens with two attached hydrogens (primary N) is 2. The monoisotopic (exact) mass is 489 g/mol. The molecule has 0 bridgehead atoms. The Labute approximate surface area is 198 Å². The van der Waals surface area contributed by atoms with Gasteiger partial charge in [0, 0.05) is 6.42 Å². The summed E-state index contributed by atoms with van der Waals surface area (Å²) < 4.78 is 44.6. The fourth-order valence-electron chi connectivity index (χ4n) is 3.26. The number of halogens is 1. The number of esters is 1. The summed E-state index contributed by atoms with van der Waals surface area (Å²) in [6.45, 7) is 7.27. The minimum atomic E-state index is -4.08. The molecule has 0 saturated heterocycles. The third-order valence-corrected chi connectivity index (χ3v) is 6.29. The maximum Gasteiger partial charge on any atom is 0.323 e. The van der Waals surface area contributed by atoms with Gasteiger partial charge < -0.3 is 10.5 Å². The van der Waals surface area contributed by atoms with Crippen LogP contribution in [0.25, 0.3) is 5.69 Å². The smallest absolute Gasteiger partial charge is 0.323 e. The summed E-state index contributed by atoms with van der Waals surface area (Å²) in [5, 5.41) is 9.43. The van der Waals surface area contributed by atoms with Gasteiger partial charge in [-0.2, -0.15) is 0 Å². The Bertz CT molecular complexity index is 1320. The van der Waals surface area contributed by atoms with E-state index in [2.05, 4.69) is 10.1 Å². The summed E-state index contributed by atoms with van der Waals surface area (Å²) in [6, 6.07) is 8.45. The van der Waals surface area contributed by atoms with E-state index in [0.717, 1.165) is 22.8 Å². The van der Waals surface area contributed by atoms with Crippen molar-refractivity contribution in [3.8, 4) is 5.69 Å². The highest BCUT2D eigenvalue weighted by molar-refractivity contribution is 7.89. The molecule has 0 spiro atoms. The first-order chi connectivity index (χ1) is 15.9. The molecule has 0 fully saturated rings. The van der Waals surface area contributed by atoms with Crippen molar-refractivity contribution in [3.05, 3.63) is 70.6 Å². The number of nitrogens with zero attached hydrogens (tertiary/aromatic N) is 3. The second-order valence-electron chi connectivity index (χ2n) is 8.50. The van der Waals surface area contributed by atoms with Crippen molar-refractivity contribution in [1.29, 1.82) is 0 Å². The van der Waals surface area contributed by atoms with Crippen LogP contribution in [0.5, 0.6) is 0 Å². The Morgan fingerprint density at radius 1 is 1.18 bits per heavy atom. The van der Waals surface area contributed by atoms with Crippen molar-refractivity contribution < 1.29 is 22.3 Å². The summed E-state index contributed by atoms with van der Waals surface area (Å²) in [6.07, 6.45) is 0.316. The van der Waals surface area contributed by atoms with Crippen molar-refractivity contribution >= 4 is 16.0 Å². The van der Waals surface area contributed by atoms with E-state index in [1.807, 2.05) is 32.0 Å². The quantitative estimate of drug-likeness (QED) is 0.462. The van der Waals surface area contributed by atoms with E-state index in [1.54, 1.807) is 13.8 Å².